The summed E-state index contributed by atoms with van der Waals surface area (Å²) in [6, 6.07) is -1.47. The summed E-state index contributed by atoms with van der Waals surface area (Å²) < 4.78 is 33.5. The maximum atomic E-state index is 12.7. The molecular formula is C48H94NO9P. The third-order valence-corrected chi connectivity index (χ3v) is 12.0. The van der Waals surface area contributed by atoms with E-state index in [2.05, 4.69) is 26.0 Å². The molecule has 0 aromatic carbocycles. The van der Waals surface area contributed by atoms with Crippen molar-refractivity contribution in [1.82, 2.24) is 0 Å². The molecule has 0 bridgehead atoms. The van der Waals surface area contributed by atoms with Gasteiger partial charge in [0.2, 0.25) is 0 Å². The molecule has 0 rings (SSSR count). The van der Waals surface area contributed by atoms with Crippen LogP contribution in [0, 0.1) is 0 Å². The SMILES string of the molecule is CCCCCCCCCC/C=C\CCCCCCCCCC(=O)O[C@H](COCCCCCCCCCCCCCCCCCCCC)COP(=O)(O)OC[C@H](N)C(=O)O. The van der Waals surface area contributed by atoms with Crippen molar-refractivity contribution >= 4 is 19.8 Å². The molecule has 0 fully saturated rings. The standard InChI is InChI=1S/C48H94NO9P/c1-3-5-7-9-11-13-15-17-19-21-23-24-26-28-30-32-34-36-38-40-47(50)58-45(43-56-59(53,54)57-44-46(49)48(51)52)42-55-41-39-37-35-33-31-29-27-25-22-20-18-16-14-12-10-8-6-4-2/h21,23,45-46H,3-20,22,24-44,49H2,1-2H3,(H,51,52)(H,53,54)/b23-21-/t45-,46+/m1/s1. The number of aliphatic carboxylic acids is 1. The van der Waals surface area contributed by atoms with Crippen LogP contribution in [0.2, 0.25) is 0 Å². The molecule has 0 radical (unpaired) electrons. The predicted molar refractivity (Wildman–Crippen MR) is 245 cm³/mol. The molecule has 0 heterocycles. The van der Waals surface area contributed by atoms with Crippen molar-refractivity contribution in [1.29, 1.82) is 0 Å². The fraction of sp³-hybridized carbons (Fsp3) is 0.917. The average Bonchev–Trinajstić information content (AvgIpc) is 3.21. The Balaban J connectivity index is 4.14. The highest BCUT2D eigenvalue weighted by Crippen LogP contribution is 2.43. The second-order valence-electron chi connectivity index (χ2n) is 17.0. The molecule has 0 saturated heterocycles. The highest BCUT2D eigenvalue weighted by Gasteiger charge is 2.27. The van der Waals surface area contributed by atoms with Gasteiger partial charge in [-0.05, 0) is 38.5 Å². The zero-order chi connectivity index (χ0) is 43.3. The van der Waals surface area contributed by atoms with Crippen LogP contribution in [0.15, 0.2) is 12.2 Å². The lowest BCUT2D eigenvalue weighted by atomic mass is 10.0. The van der Waals surface area contributed by atoms with Gasteiger partial charge in [-0.1, -0.05) is 212 Å². The molecule has 10 nitrogen and oxygen atoms in total. The monoisotopic (exact) mass is 860 g/mol. The van der Waals surface area contributed by atoms with Crippen molar-refractivity contribution in [3.8, 4) is 0 Å². The Bertz CT molecular complexity index is 998. The average molecular weight is 860 g/mol. The predicted octanol–water partition coefficient (Wildman–Crippen LogP) is 14.1. The quantitative estimate of drug-likeness (QED) is 0.0233. The van der Waals surface area contributed by atoms with Crippen LogP contribution >= 0.6 is 7.82 Å². The zero-order valence-electron chi connectivity index (χ0n) is 38.4. The number of phosphoric ester groups is 1. The summed E-state index contributed by atoms with van der Waals surface area (Å²) in [6.07, 6.45) is 48.3. The van der Waals surface area contributed by atoms with Crippen LogP contribution in [0.4, 0.5) is 0 Å². The Kier molecular flexibility index (Phi) is 43.8. The Morgan fingerprint density at radius 3 is 1.29 bits per heavy atom. The minimum absolute atomic E-state index is 0.0215. The lowest BCUT2D eigenvalue weighted by Gasteiger charge is -2.20. The summed E-state index contributed by atoms with van der Waals surface area (Å²) in [4.78, 5) is 33.6. The van der Waals surface area contributed by atoms with Gasteiger partial charge in [0, 0.05) is 13.0 Å². The van der Waals surface area contributed by atoms with Crippen LogP contribution in [-0.2, 0) is 32.7 Å². The number of carboxylic acid groups (broad SMARTS) is 1. The molecule has 0 aliphatic heterocycles. The molecule has 0 aliphatic carbocycles. The highest BCUT2D eigenvalue weighted by molar-refractivity contribution is 7.47. The fourth-order valence-electron chi connectivity index (χ4n) is 7.19. The first-order chi connectivity index (χ1) is 28.7. The Labute approximate surface area is 362 Å². The molecule has 0 spiro atoms. The summed E-state index contributed by atoms with van der Waals surface area (Å²) in [5, 5.41) is 8.92. The first-order valence-electron chi connectivity index (χ1n) is 24.7. The Hall–Kier alpha value is -1.29. The molecule has 0 saturated carbocycles. The fourth-order valence-corrected chi connectivity index (χ4v) is 7.97. The van der Waals surface area contributed by atoms with Crippen LogP contribution in [0.1, 0.15) is 245 Å². The topological polar surface area (TPSA) is 155 Å². The second-order valence-corrected chi connectivity index (χ2v) is 18.4. The number of allylic oxidation sites excluding steroid dienone is 2. The third kappa shape index (κ3) is 44.6. The van der Waals surface area contributed by atoms with Crippen molar-refractivity contribution in [3.63, 3.8) is 0 Å². The number of esters is 1. The lowest BCUT2D eigenvalue weighted by Crippen LogP contribution is -2.34. The van der Waals surface area contributed by atoms with E-state index in [0.29, 0.717) is 13.0 Å². The van der Waals surface area contributed by atoms with Gasteiger partial charge >= 0.3 is 19.8 Å². The maximum absolute atomic E-state index is 12.7. The maximum Gasteiger partial charge on any atom is 0.472 e. The number of carboxylic acids is 1. The van der Waals surface area contributed by atoms with E-state index in [1.807, 2.05) is 0 Å². The van der Waals surface area contributed by atoms with Gasteiger partial charge in [0.15, 0.2) is 0 Å². The molecule has 59 heavy (non-hydrogen) atoms. The van der Waals surface area contributed by atoms with E-state index in [1.54, 1.807) is 0 Å². The number of carbonyl (C=O) groups is 2. The molecule has 0 amide bonds. The number of nitrogens with two attached hydrogens (primary N) is 1. The van der Waals surface area contributed by atoms with E-state index in [9.17, 15) is 19.0 Å². The van der Waals surface area contributed by atoms with Crippen molar-refractivity contribution in [2.24, 2.45) is 5.73 Å². The van der Waals surface area contributed by atoms with E-state index in [0.717, 1.165) is 44.9 Å². The first kappa shape index (κ1) is 57.7. The molecule has 0 aliphatic rings. The van der Waals surface area contributed by atoms with E-state index in [4.69, 9.17) is 29.4 Å². The first-order valence-corrected chi connectivity index (χ1v) is 26.2. The van der Waals surface area contributed by atoms with Gasteiger partial charge in [-0.2, -0.15) is 0 Å². The summed E-state index contributed by atoms with van der Waals surface area (Å²) in [7, 11) is -4.62. The largest absolute Gasteiger partial charge is 0.480 e. The van der Waals surface area contributed by atoms with Crippen LogP contribution in [0.5, 0.6) is 0 Å². The van der Waals surface area contributed by atoms with Crippen molar-refractivity contribution in [3.05, 3.63) is 12.2 Å². The molecule has 4 N–H and O–H groups in total. The number of rotatable bonds is 48. The molecular weight excluding hydrogens is 766 g/mol. The zero-order valence-corrected chi connectivity index (χ0v) is 39.3. The number of carbonyl (C=O) groups excluding carboxylic acids is 1. The van der Waals surface area contributed by atoms with E-state index in [1.165, 1.54) is 173 Å². The van der Waals surface area contributed by atoms with Crippen LogP contribution in [0.25, 0.3) is 0 Å². The summed E-state index contributed by atoms with van der Waals surface area (Å²) in [5.41, 5.74) is 5.37. The Morgan fingerprint density at radius 1 is 0.525 bits per heavy atom. The van der Waals surface area contributed by atoms with Crippen molar-refractivity contribution in [2.75, 3.05) is 26.4 Å². The normalized spacial score (nSPS) is 13.8. The van der Waals surface area contributed by atoms with Gasteiger partial charge in [0.1, 0.15) is 12.1 Å². The smallest absolute Gasteiger partial charge is 0.472 e. The second kappa shape index (κ2) is 44.8. The molecule has 3 atom stereocenters. The van der Waals surface area contributed by atoms with Crippen LogP contribution in [0.3, 0.4) is 0 Å². The minimum Gasteiger partial charge on any atom is -0.480 e. The van der Waals surface area contributed by atoms with Crippen molar-refractivity contribution < 1.29 is 42.7 Å². The molecule has 11 heteroatoms. The van der Waals surface area contributed by atoms with Gasteiger partial charge in [-0.25, -0.2) is 4.57 Å². The van der Waals surface area contributed by atoms with Crippen molar-refractivity contribution in [2.45, 2.75) is 257 Å². The van der Waals surface area contributed by atoms with Crippen LogP contribution < -0.4 is 5.73 Å². The Morgan fingerprint density at radius 2 is 0.881 bits per heavy atom. The van der Waals surface area contributed by atoms with E-state index >= 15 is 0 Å². The molecule has 0 aromatic heterocycles. The summed E-state index contributed by atoms with van der Waals surface area (Å²) in [5.74, 6) is -1.77. The summed E-state index contributed by atoms with van der Waals surface area (Å²) >= 11 is 0. The third-order valence-electron chi connectivity index (χ3n) is 11.0. The number of hydrogen-bond acceptors (Lipinski definition) is 8. The van der Waals surface area contributed by atoms with Gasteiger partial charge in [-0.15, -0.1) is 0 Å². The van der Waals surface area contributed by atoms with E-state index < -0.39 is 45.1 Å². The van der Waals surface area contributed by atoms with Crippen LogP contribution in [-0.4, -0.2) is 60.5 Å². The number of ether oxygens (including phenoxy) is 2. The lowest BCUT2D eigenvalue weighted by molar-refractivity contribution is -0.154. The highest BCUT2D eigenvalue weighted by atomic mass is 31.2. The molecule has 1 unspecified atom stereocenters. The summed E-state index contributed by atoms with van der Waals surface area (Å²) in [6.45, 7) is 3.93. The van der Waals surface area contributed by atoms with Gasteiger partial charge in [0.25, 0.3) is 0 Å². The van der Waals surface area contributed by atoms with Gasteiger partial charge in [-0.3, -0.25) is 18.6 Å². The van der Waals surface area contributed by atoms with Gasteiger partial charge in [0.05, 0.1) is 19.8 Å². The number of unbranched alkanes of at least 4 members (excludes halogenated alkanes) is 32. The van der Waals surface area contributed by atoms with E-state index in [-0.39, 0.29) is 13.0 Å². The molecule has 0 aromatic rings. The molecule has 350 valence electrons. The van der Waals surface area contributed by atoms with Gasteiger partial charge < -0.3 is 25.2 Å². The number of hydrogen-bond donors (Lipinski definition) is 3. The minimum atomic E-state index is -4.62. The number of phosphoric acid groups is 1.